The van der Waals surface area contributed by atoms with Gasteiger partial charge in [-0.1, -0.05) is 17.7 Å². The van der Waals surface area contributed by atoms with Gasteiger partial charge in [0.2, 0.25) is 11.9 Å². The van der Waals surface area contributed by atoms with E-state index >= 15 is 0 Å². The van der Waals surface area contributed by atoms with E-state index in [-0.39, 0.29) is 41.2 Å². The van der Waals surface area contributed by atoms with Crippen molar-refractivity contribution < 1.29 is 41.4 Å². The number of amides is 1. The molecule has 2 fully saturated rings. The van der Waals surface area contributed by atoms with Gasteiger partial charge >= 0.3 is 12.1 Å². The highest BCUT2D eigenvalue weighted by atomic mass is 35.5. The van der Waals surface area contributed by atoms with Gasteiger partial charge in [-0.3, -0.25) is 4.79 Å². The lowest BCUT2D eigenvalue weighted by molar-refractivity contribution is -0.192. The third-order valence-corrected chi connectivity index (χ3v) is 7.37. The van der Waals surface area contributed by atoms with Gasteiger partial charge in [-0.15, -0.1) is 0 Å². The fourth-order valence-electron chi connectivity index (χ4n) is 4.44. The molecule has 3 N–H and O–H groups in total. The van der Waals surface area contributed by atoms with Gasteiger partial charge in [-0.25, -0.2) is 18.6 Å². The SMILES string of the molecule is O=C(O)c1cc2nc(Nc3cc(CNC(=O)C4(C(F)(F)F)CC4)ccc3Cl)n(CC3CC3)c2cc1OCC(F)F. The maximum atomic E-state index is 13.3. The third-order valence-electron chi connectivity index (χ3n) is 7.04. The minimum Gasteiger partial charge on any atom is -0.487 e. The van der Waals surface area contributed by atoms with Gasteiger partial charge in [0, 0.05) is 19.2 Å². The first kappa shape index (κ1) is 27.9. The molecule has 0 aliphatic heterocycles. The molecule has 0 atom stereocenters. The number of halogens is 6. The van der Waals surface area contributed by atoms with Crippen LogP contribution < -0.4 is 15.4 Å². The van der Waals surface area contributed by atoms with Crippen LogP contribution in [-0.2, 0) is 17.9 Å². The Labute approximate surface area is 229 Å². The number of imidazole rings is 1. The number of anilines is 2. The number of nitrogens with zero attached hydrogens (tertiary/aromatic N) is 2. The van der Waals surface area contributed by atoms with Gasteiger partial charge in [0.15, 0.2) is 0 Å². The summed E-state index contributed by atoms with van der Waals surface area (Å²) in [6.07, 6.45) is -5.97. The number of nitrogens with one attached hydrogen (secondary N) is 2. The van der Waals surface area contributed by atoms with Crippen molar-refractivity contribution in [3.63, 3.8) is 0 Å². The molecule has 2 saturated carbocycles. The highest BCUT2D eigenvalue weighted by Crippen LogP contribution is 2.57. The largest absolute Gasteiger partial charge is 0.487 e. The van der Waals surface area contributed by atoms with Crippen molar-refractivity contribution >= 4 is 46.1 Å². The summed E-state index contributed by atoms with van der Waals surface area (Å²) in [4.78, 5) is 28.5. The number of aromatic carboxylic acids is 1. The molecule has 40 heavy (non-hydrogen) atoms. The van der Waals surface area contributed by atoms with Crippen LogP contribution in [0.5, 0.6) is 5.75 Å². The Morgan fingerprint density at radius 2 is 1.93 bits per heavy atom. The summed E-state index contributed by atoms with van der Waals surface area (Å²) < 4.78 is 72.2. The molecule has 14 heteroatoms. The van der Waals surface area contributed by atoms with Gasteiger partial charge in [0.05, 0.1) is 21.7 Å². The lowest BCUT2D eigenvalue weighted by Gasteiger charge is -2.19. The molecule has 0 saturated heterocycles. The molecular weight excluding hydrogens is 563 g/mol. The zero-order valence-corrected chi connectivity index (χ0v) is 21.6. The number of carboxylic acids is 1. The van der Waals surface area contributed by atoms with E-state index in [4.69, 9.17) is 16.3 Å². The number of carbonyl (C=O) groups is 2. The summed E-state index contributed by atoms with van der Waals surface area (Å²) in [7, 11) is 0. The zero-order valence-electron chi connectivity index (χ0n) is 20.8. The standard InChI is InChI=1S/C26H24ClF5N4O4/c27-16-4-3-14(10-33-23(39)25(5-6-25)26(30,31)32)7-17(16)34-24-35-18-8-15(22(37)38)20(40-12-21(28)29)9-19(18)36(24)11-13-1-2-13/h3-4,7-9,13,21H,1-2,5-6,10-12H2,(H,33,39)(H,34,35)(H,37,38). The van der Waals surface area contributed by atoms with Crippen LogP contribution >= 0.6 is 11.6 Å². The number of benzene rings is 2. The van der Waals surface area contributed by atoms with Crippen LogP contribution in [0.25, 0.3) is 11.0 Å². The Bertz CT molecular complexity index is 1470. The number of carbonyl (C=O) groups excluding carboxylic acids is 1. The summed E-state index contributed by atoms with van der Waals surface area (Å²) >= 11 is 6.38. The van der Waals surface area contributed by atoms with Crippen LogP contribution in [0, 0.1) is 11.3 Å². The Morgan fingerprint density at radius 3 is 2.52 bits per heavy atom. The first-order valence-electron chi connectivity index (χ1n) is 12.5. The number of alkyl halides is 5. The molecule has 8 nitrogen and oxygen atoms in total. The fourth-order valence-corrected chi connectivity index (χ4v) is 4.61. The normalized spacial score (nSPS) is 16.3. The second-order valence-electron chi connectivity index (χ2n) is 10.0. The fraction of sp³-hybridized carbons (Fsp3) is 0.423. The van der Waals surface area contributed by atoms with Crippen LogP contribution in [-0.4, -0.2) is 45.7 Å². The second kappa shape index (κ2) is 10.4. The van der Waals surface area contributed by atoms with Crippen molar-refractivity contribution in [2.75, 3.05) is 11.9 Å². The number of ether oxygens (including phenoxy) is 1. The van der Waals surface area contributed by atoms with Gasteiger partial charge in [-0.05, 0) is 55.4 Å². The average molecular weight is 587 g/mol. The summed E-state index contributed by atoms with van der Waals surface area (Å²) in [6.45, 7) is -0.628. The van der Waals surface area contributed by atoms with Crippen LogP contribution in [0.2, 0.25) is 5.02 Å². The maximum Gasteiger partial charge on any atom is 0.403 e. The first-order chi connectivity index (χ1) is 18.9. The summed E-state index contributed by atoms with van der Waals surface area (Å²) in [5.74, 6) is -2.03. The average Bonchev–Trinajstić information content (AvgIpc) is 3.80. The van der Waals surface area contributed by atoms with Crippen molar-refractivity contribution in [2.24, 2.45) is 11.3 Å². The van der Waals surface area contributed by atoms with Crippen LogP contribution in [0.1, 0.15) is 41.6 Å². The minimum absolute atomic E-state index is 0.159. The van der Waals surface area contributed by atoms with Gasteiger partial charge < -0.3 is 25.0 Å². The molecule has 0 unspecified atom stereocenters. The maximum absolute atomic E-state index is 13.3. The van der Waals surface area contributed by atoms with E-state index in [1.807, 2.05) is 0 Å². The summed E-state index contributed by atoms with van der Waals surface area (Å²) in [5, 5.41) is 15.3. The molecule has 2 aromatic carbocycles. The van der Waals surface area contributed by atoms with Crippen LogP contribution in [0.3, 0.4) is 0 Å². The van der Waals surface area contributed by atoms with E-state index in [1.54, 1.807) is 16.7 Å². The van der Waals surface area contributed by atoms with Gasteiger partial charge in [0.1, 0.15) is 23.3 Å². The van der Waals surface area contributed by atoms with Crippen LogP contribution in [0.15, 0.2) is 30.3 Å². The number of carboxylic acid groups (broad SMARTS) is 1. The zero-order chi connectivity index (χ0) is 28.8. The highest BCUT2D eigenvalue weighted by molar-refractivity contribution is 6.33. The van der Waals surface area contributed by atoms with E-state index < -0.39 is 36.5 Å². The first-order valence-corrected chi connectivity index (χ1v) is 12.8. The molecule has 1 aromatic heterocycles. The highest BCUT2D eigenvalue weighted by Gasteiger charge is 2.68. The predicted molar refractivity (Wildman–Crippen MR) is 135 cm³/mol. The van der Waals surface area contributed by atoms with Crippen molar-refractivity contribution in [1.29, 1.82) is 0 Å². The number of aromatic nitrogens is 2. The molecule has 0 bridgehead atoms. The number of fused-ring (bicyclic) bond motifs is 1. The molecule has 2 aliphatic carbocycles. The van der Waals surface area contributed by atoms with E-state index in [1.165, 1.54) is 18.2 Å². The summed E-state index contributed by atoms with van der Waals surface area (Å²) in [5.41, 5.74) is -1.07. The number of rotatable bonds is 11. The smallest absolute Gasteiger partial charge is 0.403 e. The number of hydrogen-bond acceptors (Lipinski definition) is 5. The molecule has 5 rings (SSSR count). The molecule has 0 radical (unpaired) electrons. The lowest BCUT2D eigenvalue weighted by atomic mass is 10.1. The van der Waals surface area contributed by atoms with Crippen molar-refractivity contribution in [2.45, 2.75) is 51.4 Å². The number of hydrogen-bond donors (Lipinski definition) is 3. The molecule has 214 valence electrons. The Morgan fingerprint density at radius 1 is 1.20 bits per heavy atom. The lowest BCUT2D eigenvalue weighted by Crippen LogP contribution is -2.40. The minimum atomic E-state index is -4.62. The Balaban J connectivity index is 1.43. The van der Waals surface area contributed by atoms with Crippen molar-refractivity contribution in [3.05, 3.63) is 46.5 Å². The van der Waals surface area contributed by atoms with E-state index in [9.17, 15) is 36.6 Å². The Hall–Kier alpha value is -3.61. The molecule has 3 aromatic rings. The molecule has 2 aliphatic rings. The molecule has 0 spiro atoms. The van der Waals surface area contributed by atoms with E-state index in [0.29, 0.717) is 35.2 Å². The van der Waals surface area contributed by atoms with Crippen LogP contribution in [0.4, 0.5) is 33.6 Å². The monoisotopic (exact) mass is 586 g/mol. The topological polar surface area (TPSA) is 105 Å². The van der Waals surface area contributed by atoms with Gasteiger partial charge in [-0.2, -0.15) is 13.2 Å². The molecule has 1 heterocycles. The second-order valence-corrected chi connectivity index (χ2v) is 10.4. The quantitative estimate of drug-likeness (QED) is 0.233. The Kier molecular flexibility index (Phi) is 7.28. The van der Waals surface area contributed by atoms with E-state index in [2.05, 4.69) is 15.6 Å². The molecule has 1 amide bonds. The predicted octanol–water partition coefficient (Wildman–Crippen LogP) is 6.14. The summed E-state index contributed by atoms with van der Waals surface area (Å²) in [6, 6.07) is 7.27. The molecular formula is C26H24ClF5N4O4. The third kappa shape index (κ3) is 5.65. The van der Waals surface area contributed by atoms with Gasteiger partial charge in [0.25, 0.3) is 6.43 Å². The van der Waals surface area contributed by atoms with E-state index in [0.717, 1.165) is 12.8 Å². The van der Waals surface area contributed by atoms with Crippen molar-refractivity contribution in [3.8, 4) is 5.75 Å². The van der Waals surface area contributed by atoms with Crippen molar-refractivity contribution in [1.82, 2.24) is 14.9 Å².